The minimum Gasteiger partial charge on any atom is -0.326 e. The molecule has 1 heterocycles. The first-order valence-electron chi connectivity index (χ1n) is 5.88. The highest BCUT2D eigenvalue weighted by atomic mass is 32.2. The van der Waals surface area contributed by atoms with Gasteiger partial charge < -0.3 is 10.6 Å². The molecule has 1 saturated heterocycles. The first-order valence-corrected chi connectivity index (χ1v) is 7.17. The molecule has 1 aromatic rings. The summed E-state index contributed by atoms with van der Waals surface area (Å²) in [6.45, 7) is 1.48. The molecule has 0 saturated carbocycles. The molecule has 2 rings (SSSR count). The van der Waals surface area contributed by atoms with Crippen LogP contribution in [0.15, 0.2) is 24.3 Å². The molecule has 1 fully saturated rings. The van der Waals surface area contributed by atoms with Crippen LogP contribution in [0.2, 0.25) is 0 Å². The molecule has 0 radical (unpaired) electrons. The van der Waals surface area contributed by atoms with Gasteiger partial charge in [-0.25, -0.2) is 0 Å². The molecule has 0 aromatic heterocycles. The maximum absolute atomic E-state index is 11.8. The van der Waals surface area contributed by atoms with Crippen molar-refractivity contribution in [3.8, 4) is 0 Å². The molecule has 0 unspecified atom stereocenters. The zero-order valence-corrected chi connectivity index (χ0v) is 12.3. The Hall–Kier alpha value is -1.73. The van der Waals surface area contributed by atoms with Crippen molar-refractivity contribution in [1.29, 1.82) is 0 Å². The van der Waals surface area contributed by atoms with Crippen LogP contribution < -0.4 is 10.6 Å². The fourth-order valence-electron chi connectivity index (χ4n) is 1.70. The summed E-state index contributed by atoms with van der Waals surface area (Å²) in [6.07, 6.45) is 0.0606. The van der Waals surface area contributed by atoms with E-state index in [1.54, 1.807) is 24.3 Å². The van der Waals surface area contributed by atoms with Crippen molar-refractivity contribution >= 4 is 51.6 Å². The van der Waals surface area contributed by atoms with Crippen LogP contribution in [0.3, 0.4) is 0 Å². The maximum atomic E-state index is 11.8. The van der Waals surface area contributed by atoms with E-state index in [-0.39, 0.29) is 24.0 Å². The van der Waals surface area contributed by atoms with E-state index in [1.165, 1.54) is 18.7 Å². The summed E-state index contributed by atoms with van der Waals surface area (Å²) in [5, 5.41) is 4.70. The van der Waals surface area contributed by atoms with Gasteiger partial charge in [-0.3, -0.25) is 14.4 Å². The standard InChI is InChI=1S/C13H12N2O3S2/c1-7(16)8-2-4-9(5-3-8)14-11(17)6-10-12(18)15-13(19)20-10/h2-5,10H,6H2,1H3,(H,14,17)(H,15,18,19)/t10-/m1/s1. The lowest BCUT2D eigenvalue weighted by Crippen LogP contribution is -2.27. The summed E-state index contributed by atoms with van der Waals surface area (Å²) in [5.41, 5.74) is 1.17. The van der Waals surface area contributed by atoms with Crippen LogP contribution in [-0.4, -0.2) is 27.2 Å². The largest absolute Gasteiger partial charge is 0.326 e. The third-order valence-electron chi connectivity index (χ3n) is 2.71. The number of anilines is 1. The first-order chi connectivity index (χ1) is 9.45. The molecule has 7 heteroatoms. The Morgan fingerprint density at radius 3 is 2.50 bits per heavy atom. The first kappa shape index (κ1) is 14.7. The number of Topliss-reactive ketones (excluding diaryl/α,β-unsaturated/α-hetero) is 1. The van der Waals surface area contributed by atoms with Crippen molar-refractivity contribution in [3.63, 3.8) is 0 Å². The minimum atomic E-state index is -0.473. The number of thiocarbonyl (C=S) groups is 1. The smallest absolute Gasteiger partial charge is 0.239 e. The Morgan fingerprint density at radius 1 is 1.35 bits per heavy atom. The summed E-state index contributed by atoms with van der Waals surface area (Å²) >= 11 is 6.05. The van der Waals surface area contributed by atoms with Gasteiger partial charge in [0.1, 0.15) is 4.32 Å². The van der Waals surface area contributed by atoms with Crippen LogP contribution in [-0.2, 0) is 9.59 Å². The molecule has 0 bridgehead atoms. The van der Waals surface area contributed by atoms with E-state index < -0.39 is 5.25 Å². The van der Waals surface area contributed by atoms with Gasteiger partial charge in [-0.2, -0.15) is 0 Å². The van der Waals surface area contributed by atoms with E-state index in [4.69, 9.17) is 12.2 Å². The number of rotatable bonds is 4. The van der Waals surface area contributed by atoms with Gasteiger partial charge in [0, 0.05) is 17.7 Å². The third kappa shape index (κ3) is 3.64. The molecule has 2 amide bonds. The normalized spacial score (nSPS) is 17.8. The summed E-state index contributed by atoms with van der Waals surface area (Å²) in [4.78, 5) is 34.4. The molecule has 20 heavy (non-hydrogen) atoms. The molecule has 1 aliphatic rings. The molecule has 5 nitrogen and oxygen atoms in total. The van der Waals surface area contributed by atoms with Crippen LogP contribution in [0.25, 0.3) is 0 Å². The van der Waals surface area contributed by atoms with Gasteiger partial charge in [0.2, 0.25) is 11.8 Å². The molecule has 104 valence electrons. The summed E-state index contributed by atoms with van der Waals surface area (Å²) in [5.74, 6) is -0.532. The lowest BCUT2D eigenvalue weighted by molar-refractivity contribution is -0.122. The van der Waals surface area contributed by atoms with Crippen LogP contribution in [0.5, 0.6) is 0 Å². The second-order valence-electron chi connectivity index (χ2n) is 4.27. The Kier molecular flexibility index (Phi) is 4.51. The number of carbonyl (C=O) groups is 3. The molecule has 0 aliphatic carbocycles. The fourth-order valence-corrected chi connectivity index (χ4v) is 2.96. The van der Waals surface area contributed by atoms with Gasteiger partial charge in [-0.1, -0.05) is 24.0 Å². The lowest BCUT2D eigenvalue weighted by Gasteiger charge is -2.07. The number of benzene rings is 1. The Balaban J connectivity index is 1.93. The Labute approximate surface area is 125 Å². The van der Waals surface area contributed by atoms with E-state index >= 15 is 0 Å². The van der Waals surface area contributed by atoms with E-state index in [9.17, 15) is 14.4 Å². The van der Waals surface area contributed by atoms with Gasteiger partial charge in [0.15, 0.2) is 5.78 Å². The maximum Gasteiger partial charge on any atom is 0.239 e. The van der Waals surface area contributed by atoms with Crippen LogP contribution in [0.1, 0.15) is 23.7 Å². The molecule has 1 atom stereocenters. The van der Waals surface area contributed by atoms with Crippen LogP contribution in [0.4, 0.5) is 5.69 Å². The number of hydrogen-bond donors (Lipinski definition) is 2. The van der Waals surface area contributed by atoms with E-state index in [2.05, 4.69) is 10.6 Å². The number of carbonyl (C=O) groups excluding carboxylic acids is 3. The Morgan fingerprint density at radius 2 is 2.00 bits per heavy atom. The highest BCUT2D eigenvalue weighted by molar-refractivity contribution is 8.24. The predicted molar refractivity (Wildman–Crippen MR) is 81.8 cm³/mol. The second kappa shape index (κ2) is 6.15. The molecule has 1 aliphatic heterocycles. The molecular weight excluding hydrogens is 296 g/mol. The van der Waals surface area contributed by atoms with Crippen molar-refractivity contribution in [2.24, 2.45) is 0 Å². The number of thioether (sulfide) groups is 1. The molecule has 0 spiro atoms. The third-order valence-corrected chi connectivity index (χ3v) is 4.09. The lowest BCUT2D eigenvalue weighted by atomic mass is 10.1. The Bertz CT molecular complexity index is 584. The number of amides is 2. The molecule has 2 N–H and O–H groups in total. The highest BCUT2D eigenvalue weighted by Crippen LogP contribution is 2.22. The average molecular weight is 308 g/mol. The van der Waals surface area contributed by atoms with Crippen molar-refractivity contribution in [1.82, 2.24) is 5.32 Å². The SMILES string of the molecule is CC(=O)c1ccc(NC(=O)C[C@H]2SC(=S)NC2=O)cc1. The average Bonchev–Trinajstić information content (AvgIpc) is 2.68. The van der Waals surface area contributed by atoms with Crippen LogP contribution >= 0.6 is 24.0 Å². The molecular formula is C13H12N2O3S2. The number of hydrogen-bond acceptors (Lipinski definition) is 5. The van der Waals surface area contributed by atoms with Crippen LogP contribution in [0, 0.1) is 0 Å². The van der Waals surface area contributed by atoms with Gasteiger partial charge in [-0.05, 0) is 31.2 Å². The van der Waals surface area contributed by atoms with Crippen molar-refractivity contribution in [3.05, 3.63) is 29.8 Å². The number of ketones is 1. The van der Waals surface area contributed by atoms with Crippen molar-refractivity contribution < 1.29 is 14.4 Å². The fraction of sp³-hybridized carbons (Fsp3) is 0.231. The van der Waals surface area contributed by atoms with Gasteiger partial charge in [-0.15, -0.1) is 0 Å². The summed E-state index contributed by atoms with van der Waals surface area (Å²) in [6, 6.07) is 6.59. The zero-order valence-electron chi connectivity index (χ0n) is 10.6. The zero-order chi connectivity index (χ0) is 14.7. The van der Waals surface area contributed by atoms with E-state index in [1.807, 2.05) is 0 Å². The van der Waals surface area contributed by atoms with Gasteiger partial charge in [0.25, 0.3) is 0 Å². The minimum absolute atomic E-state index is 0.0320. The van der Waals surface area contributed by atoms with Gasteiger partial charge in [0.05, 0.1) is 5.25 Å². The highest BCUT2D eigenvalue weighted by Gasteiger charge is 2.30. The second-order valence-corrected chi connectivity index (χ2v) is 6.15. The summed E-state index contributed by atoms with van der Waals surface area (Å²) in [7, 11) is 0. The van der Waals surface area contributed by atoms with Crippen molar-refractivity contribution in [2.45, 2.75) is 18.6 Å². The summed E-state index contributed by atoms with van der Waals surface area (Å²) < 4.78 is 0.401. The van der Waals surface area contributed by atoms with Gasteiger partial charge >= 0.3 is 0 Å². The molecule has 1 aromatic carbocycles. The number of nitrogens with one attached hydrogen (secondary N) is 2. The van der Waals surface area contributed by atoms with Crippen molar-refractivity contribution in [2.75, 3.05) is 5.32 Å². The van der Waals surface area contributed by atoms with E-state index in [0.29, 0.717) is 15.6 Å². The van der Waals surface area contributed by atoms with E-state index in [0.717, 1.165) is 0 Å². The quantitative estimate of drug-likeness (QED) is 0.654. The topological polar surface area (TPSA) is 75.3 Å². The monoisotopic (exact) mass is 308 g/mol. The predicted octanol–water partition coefficient (Wildman–Crippen LogP) is 1.73.